The van der Waals surface area contributed by atoms with Gasteiger partial charge in [-0.25, -0.2) is 0 Å². The minimum Gasteiger partial charge on any atom is -0.469 e. The lowest BCUT2D eigenvalue weighted by molar-refractivity contribution is -0.0125. The minimum absolute atomic E-state index is 0.0190. The van der Waals surface area contributed by atoms with Crippen LogP contribution in [0.15, 0.2) is 21.2 Å². The molecule has 0 aromatic carbocycles. The van der Waals surface area contributed by atoms with Crippen LogP contribution in [0.5, 0.6) is 0 Å². The fourth-order valence-electron chi connectivity index (χ4n) is 3.92. The molecule has 4 heterocycles. The number of carbonyl (C=O) groups is 1. The summed E-state index contributed by atoms with van der Waals surface area (Å²) in [6, 6.07) is 1.74. The van der Waals surface area contributed by atoms with Crippen LogP contribution >= 0.6 is 0 Å². The van der Waals surface area contributed by atoms with Crippen molar-refractivity contribution in [2.75, 3.05) is 13.1 Å². The fourth-order valence-corrected chi connectivity index (χ4v) is 3.92. The first-order chi connectivity index (χ1) is 12.2. The molecule has 3 atom stereocenters. The molecule has 2 aromatic rings. The maximum Gasteiger partial charge on any atom is 0.257 e. The molecular formula is C18H21N3O4. The van der Waals surface area contributed by atoms with Crippen molar-refractivity contribution in [1.82, 2.24) is 15.1 Å². The summed E-state index contributed by atoms with van der Waals surface area (Å²) < 4.78 is 17.2. The van der Waals surface area contributed by atoms with Crippen molar-refractivity contribution in [3.05, 3.63) is 35.4 Å². The molecule has 1 aliphatic carbocycles. The Morgan fingerprint density at radius 1 is 1.24 bits per heavy atom. The number of hydrogen-bond acceptors (Lipinski definition) is 6. The van der Waals surface area contributed by atoms with Gasteiger partial charge < -0.3 is 18.5 Å². The van der Waals surface area contributed by atoms with Gasteiger partial charge >= 0.3 is 0 Å². The number of ether oxygens (including phenoxy) is 1. The number of rotatable bonds is 3. The summed E-state index contributed by atoms with van der Waals surface area (Å²) in [5, 5.41) is 8.34. The first kappa shape index (κ1) is 15.1. The lowest BCUT2D eigenvalue weighted by Crippen LogP contribution is -2.45. The highest BCUT2D eigenvalue weighted by molar-refractivity contribution is 5.95. The average molecular weight is 343 g/mol. The van der Waals surface area contributed by atoms with Gasteiger partial charge in [0.15, 0.2) is 0 Å². The Bertz CT molecular complexity index is 794. The van der Waals surface area contributed by atoms with Crippen molar-refractivity contribution < 1.29 is 18.4 Å². The van der Waals surface area contributed by atoms with Crippen molar-refractivity contribution in [1.29, 1.82) is 0 Å². The monoisotopic (exact) mass is 343 g/mol. The molecule has 25 heavy (non-hydrogen) atoms. The molecule has 3 fully saturated rings. The molecular weight excluding hydrogens is 322 g/mol. The van der Waals surface area contributed by atoms with E-state index in [1.165, 1.54) is 0 Å². The van der Waals surface area contributed by atoms with Gasteiger partial charge in [0.25, 0.3) is 5.91 Å². The van der Waals surface area contributed by atoms with Crippen LogP contribution in [0.3, 0.4) is 0 Å². The van der Waals surface area contributed by atoms with E-state index in [1.54, 1.807) is 12.3 Å². The van der Waals surface area contributed by atoms with Crippen molar-refractivity contribution in [3.8, 4) is 0 Å². The van der Waals surface area contributed by atoms with Crippen LogP contribution in [-0.4, -0.2) is 40.2 Å². The lowest BCUT2D eigenvalue weighted by atomic mass is 9.91. The third-order valence-corrected chi connectivity index (χ3v) is 5.59. The maximum absolute atomic E-state index is 12.7. The van der Waals surface area contributed by atoms with Crippen LogP contribution < -0.4 is 0 Å². The van der Waals surface area contributed by atoms with Crippen molar-refractivity contribution in [3.63, 3.8) is 0 Å². The van der Waals surface area contributed by atoms with Gasteiger partial charge in [-0.3, -0.25) is 4.79 Å². The summed E-state index contributed by atoms with van der Waals surface area (Å²) in [7, 11) is 0. The van der Waals surface area contributed by atoms with Crippen LogP contribution in [-0.2, 0) is 4.74 Å². The first-order valence-electron chi connectivity index (χ1n) is 9.01. The van der Waals surface area contributed by atoms with Crippen LogP contribution in [0.4, 0.5) is 0 Å². The number of carbonyl (C=O) groups excluding carboxylic acids is 1. The maximum atomic E-state index is 12.7. The second-order valence-electron chi connectivity index (χ2n) is 7.34. The Morgan fingerprint density at radius 2 is 2.08 bits per heavy atom. The van der Waals surface area contributed by atoms with Crippen molar-refractivity contribution >= 4 is 5.91 Å². The van der Waals surface area contributed by atoms with Crippen LogP contribution in [0.25, 0.3) is 0 Å². The SMILES string of the molecule is Cc1occc1C(=O)N1CC[C@@H]2C[C@@H](c3nnc(C4CC4)o3)O[C@H]2C1. The molecule has 2 aliphatic heterocycles. The zero-order chi connectivity index (χ0) is 17.0. The van der Waals surface area contributed by atoms with Gasteiger partial charge in [0.05, 0.1) is 17.9 Å². The van der Waals surface area contributed by atoms with Crippen LogP contribution in [0.2, 0.25) is 0 Å². The van der Waals surface area contributed by atoms with Gasteiger partial charge in [-0.2, -0.15) is 0 Å². The van der Waals surface area contributed by atoms with E-state index in [4.69, 9.17) is 13.6 Å². The summed E-state index contributed by atoms with van der Waals surface area (Å²) in [6.07, 6.45) is 5.57. The van der Waals surface area contributed by atoms with Gasteiger partial charge in [-0.1, -0.05) is 0 Å². The van der Waals surface area contributed by atoms with E-state index in [0.717, 1.165) is 38.1 Å². The zero-order valence-corrected chi connectivity index (χ0v) is 14.2. The Labute approximate surface area is 145 Å². The molecule has 0 unspecified atom stereocenters. The van der Waals surface area contributed by atoms with Gasteiger partial charge in [0.2, 0.25) is 11.8 Å². The summed E-state index contributed by atoms with van der Waals surface area (Å²) >= 11 is 0. The van der Waals surface area contributed by atoms with Gasteiger partial charge in [-0.15, -0.1) is 10.2 Å². The summed E-state index contributed by atoms with van der Waals surface area (Å²) in [4.78, 5) is 14.5. The number of furan rings is 1. The number of amides is 1. The van der Waals surface area contributed by atoms with E-state index in [2.05, 4.69) is 10.2 Å². The third kappa shape index (κ3) is 2.66. The van der Waals surface area contributed by atoms with E-state index in [-0.39, 0.29) is 18.1 Å². The molecule has 7 nitrogen and oxygen atoms in total. The normalized spacial score (nSPS) is 29.0. The number of likely N-dealkylation sites (tertiary alicyclic amines) is 1. The van der Waals surface area contributed by atoms with Crippen molar-refractivity contribution in [2.45, 2.75) is 50.7 Å². The van der Waals surface area contributed by atoms with E-state index >= 15 is 0 Å². The molecule has 0 radical (unpaired) electrons. The third-order valence-electron chi connectivity index (χ3n) is 5.59. The standard InChI is InChI=1S/C18H21N3O4/c1-10-13(5-7-23-10)18(22)21-6-4-12-8-14(24-15(12)9-21)17-20-19-16(25-17)11-2-3-11/h5,7,11-12,14-15H,2-4,6,8-9H2,1H3/t12-,14+,15+/m1/s1. The highest BCUT2D eigenvalue weighted by atomic mass is 16.5. The molecule has 132 valence electrons. The average Bonchev–Trinajstić information content (AvgIpc) is 3.03. The Morgan fingerprint density at radius 3 is 2.84 bits per heavy atom. The Kier molecular flexibility index (Phi) is 3.45. The number of hydrogen-bond donors (Lipinski definition) is 0. The number of aryl methyl sites for hydroxylation is 1. The highest BCUT2D eigenvalue weighted by Crippen LogP contribution is 2.43. The lowest BCUT2D eigenvalue weighted by Gasteiger charge is -2.33. The predicted molar refractivity (Wildman–Crippen MR) is 86.0 cm³/mol. The quantitative estimate of drug-likeness (QED) is 0.852. The molecule has 0 spiro atoms. The smallest absolute Gasteiger partial charge is 0.257 e. The Hall–Kier alpha value is -2.15. The molecule has 5 rings (SSSR count). The Balaban J connectivity index is 1.27. The summed E-state index contributed by atoms with van der Waals surface area (Å²) in [5.41, 5.74) is 0.638. The first-order valence-corrected chi connectivity index (χ1v) is 9.01. The number of fused-ring (bicyclic) bond motifs is 1. The summed E-state index contributed by atoms with van der Waals surface area (Å²) in [5.74, 6) is 2.92. The molecule has 2 aromatic heterocycles. The largest absolute Gasteiger partial charge is 0.469 e. The molecule has 0 bridgehead atoms. The number of nitrogens with zero attached hydrogens (tertiary/aromatic N) is 3. The van der Waals surface area contributed by atoms with Crippen LogP contribution in [0, 0.1) is 12.8 Å². The van der Waals surface area contributed by atoms with Gasteiger partial charge in [0.1, 0.15) is 11.9 Å². The number of piperidine rings is 1. The second kappa shape index (κ2) is 5.69. The van der Waals surface area contributed by atoms with E-state index in [9.17, 15) is 4.79 Å². The van der Waals surface area contributed by atoms with E-state index < -0.39 is 0 Å². The van der Waals surface area contributed by atoms with Crippen LogP contribution in [0.1, 0.15) is 65.6 Å². The second-order valence-corrected chi connectivity index (χ2v) is 7.34. The van der Waals surface area contributed by atoms with E-state index in [1.807, 2.05) is 11.8 Å². The molecule has 7 heteroatoms. The van der Waals surface area contributed by atoms with E-state index in [0.29, 0.717) is 35.6 Å². The van der Waals surface area contributed by atoms with Crippen molar-refractivity contribution in [2.24, 2.45) is 5.92 Å². The minimum atomic E-state index is -0.138. The zero-order valence-electron chi connectivity index (χ0n) is 14.2. The molecule has 2 saturated heterocycles. The fraction of sp³-hybridized carbons (Fsp3) is 0.611. The highest BCUT2D eigenvalue weighted by Gasteiger charge is 2.43. The molecule has 3 aliphatic rings. The topological polar surface area (TPSA) is 81.6 Å². The molecule has 1 amide bonds. The van der Waals surface area contributed by atoms with Gasteiger partial charge in [-0.05, 0) is 44.6 Å². The van der Waals surface area contributed by atoms with Gasteiger partial charge in [0, 0.05) is 19.0 Å². The summed E-state index contributed by atoms with van der Waals surface area (Å²) in [6.45, 7) is 3.17. The molecule has 1 saturated carbocycles. The number of aromatic nitrogens is 2. The predicted octanol–water partition coefficient (Wildman–Crippen LogP) is 2.84. The molecule has 0 N–H and O–H groups in total.